The van der Waals surface area contributed by atoms with Gasteiger partial charge in [0.2, 0.25) is 0 Å². The summed E-state index contributed by atoms with van der Waals surface area (Å²) < 4.78 is 5.52. The lowest BCUT2D eigenvalue weighted by atomic mass is 10.0. The van der Waals surface area contributed by atoms with Gasteiger partial charge in [0.1, 0.15) is 0 Å². The van der Waals surface area contributed by atoms with Gasteiger partial charge in [0, 0.05) is 43.8 Å². The fourth-order valence-electron chi connectivity index (χ4n) is 5.66. The van der Waals surface area contributed by atoms with E-state index in [9.17, 15) is 9.59 Å². The van der Waals surface area contributed by atoms with Gasteiger partial charge < -0.3 is 19.9 Å². The molecule has 2 saturated heterocycles. The second kappa shape index (κ2) is 11.0. The number of likely N-dealkylation sites (tertiary alicyclic amines) is 2. The lowest BCUT2D eigenvalue weighted by molar-refractivity contribution is 0.0772. The number of carbonyl (C=O) groups excluding carboxylic acids is 2. The van der Waals surface area contributed by atoms with Gasteiger partial charge >= 0.3 is 6.09 Å². The van der Waals surface area contributed by atoms with Crippen LogP contribution in [0, 0.1) is 32.6 Å². The Morgan fingerprint density at radius 1 is 1.03 bits per heavy atom. The fraction of sp³-hybridized carbons (Fsp3) is 0.414. The minimum Gasteiger partial charge on any atom is -0.399 e. The van der Waals surface area contributed by atoms with Gasteiger partial charge in [0.25, 0.3) is 5.91 Å². The molecule has 37 heavy (non-hydrogen) atoms. The molecule has 8 heteroatoms. The van der Waals surface area contributed by atoms with Gasteiger partial charge in [-0.3, -0.25) is 9.78 Å². The molecule has 4 heterocycles. The second-order valence-electron chi connectivity index (χ2n) is 10.2. The van der Waals surface area contributed by atoms with Gasteiger partial charge in [0.15, 0.2) is 5.06 Å². The molecule has 2 aliphatic heterocycles. The topological polar surface area (TPSA) is 74.8 Å². The number of hydrogen-bond acceptors (Lipinski definition) is 6. The molecule has 1 aromatic carbocycles. The maximum Gasteiger partial charge on any atom is 0.413 e. The van der Waals surface area contributed by atoms with Crippen LogP contribution in [0.2, 0.25) is 0 Å². The van der Waals surface area contributed by atoms with E-state index < -0.39 is 6.09 Å². The van der Waals surface area contributed by atoms with Crippen molar-refractivity contribution in [2.24, 2.45) is 11.8 Å². The maximum atomic E-state index is 13.2. The van der Waals surface area contributed by atoms with E-state index in [4.69, 9.17) is 4.74 Å². The van der Waals surface area contributed by atoms with Crippen LogP contribution in [-0.2, 0) is 0 Å². The Hall–Kier alpha value is -3.23. The summed E-state index contributed by atoms with van der Waals surface area (Å²) in [5.41, 5.74) is 3.61. The van der Waals surface area contributed by atoms with Crippen LogP contribution in [0.15, 0.2) is 54.7 Å². The van der Waals surface area contributed by atoms with E-state index in [2.05, 4.69) is 15.2 Å². The van der Waals surface area contributed by atoms with Gasteiger partial charge in [0.05, 0.1) is 17.3 Å². The molecule has 0 spiro atoms. The molecule has 194 valence electrons. The first-order valence-electron chi connectivity index (χ1n) is 12.9. The summed E-state index contributed by atoms with van der Waals surface area (Å²) in [4.78, 5) is 35.8. The van der Waals surface area contributed by atoms with E-state index in [-0.39, 0.29) is 11.9 Å². The second-order valence-corrected chi connectivity index (χ2v) is 11.5. The summed E-state index contributed by atoms with van der Waals surface area (Å²) in [6, 6.07) is 15.6. The largest absolute Gasteiger partial charge is 0.413 e. The van der Waals surface area contributed by atoms with Gasteiger partial charge in [-0.2, -0.15) is 0 Å². The Balaban J connectivity index is 1.16. The van der Waals surface area contributed by atoms with Crippen LogP contribution in [0.1, 0.15) is 44.5 Å². The molecule has 2 aromatic heterocycles. The first-order valence-corrected chi connectivity index (χ1v) is 13.7. The molecule has 0 bridgehead atoms. The normalized spacial score (nSPS) is 20.0. The number of aromatic nitrogens is 1. The highest BCUT2D eigenvalue weighted by molar-refractivity contribution is 7.13. The highest BCUT2D eigenvalue weighted by Crippen LogP contribution is 2.33. The summed E-state index contributed by atoms with van der Waals surface area (Å²) in [7, 11) is 0. The third kappa shape index (κ3) is 5.86. The number of fused-ring (bicyclic) bond motifs is 1. The third-order valence-electron chi connectivity index (χ3n) is 7.55. The van der Waals surface area contributed by atoms with Crippen molar-refractivity contribution in [3.05, 3.63) is 82.0 Å². The number of pyridine rings is 1. The smallest absolute Gasteiger partial charge is 0.399 e. The van der Waals surface area contributed by atoms with Crippen molar-refractivity contribution in [2.75, 3.05) is 32.7 Å². The van der Waals surface area contributed by atoms with Crippen molar-refractivity contribution in [1.29, 1.82) is 0 Å². The number of carbonyl (C=O) groups is 2. The van der Waals surface area contributed by atoms with Crippen molar-refractivity contribution < 1.29 is 14.3 Å². The Morgan fingerprint density at radius 3 is 2.41 bits per heavy atom. The quantitative estimate of drug-likeness (QED) is 0.477. The lowest BCUT2D eigenvalue weighted by Crippen LogP contribution is -2.36. The Kier molecular flexibility index (Phi) is 7.58. The first kappa shape index (κ1) is 25.4. The summed E-state index contributed by atoms with van der Waals surface area (Å²) in [6.07, 6.45) is 2.13. The van der Waals surface area contributed by atoms with E-state index in [1.165, 1.54) is 11.3 Å². The molecule has 0 aliphatic carbocycles. The zero-order valence-electron chi connectivity index (χ0n) is 21.6. The Morgan fingerprint density at radius 2 is 1.76 bits per heavy atom. The van der Waals surface area contributed by atoms with Crippen LogP contribution >= 0.6 is 11.3 Å². The summed E-state index contributed by atoms with van der Waals surface area (Å²) >= 11 is 1.46. The van der Waals surface area contributed by atoms with Crippen LogP contribution in [-0.4, -0.2) is 59.5 Å². The predicted molar refractivity (Wildman–Crippen MR) is 145 cm³/mol. The van der Waals surface area contributed by atoms with Crippen LogP contribution in [0.5, 0.6) is 5.06 Å². The molecule has 2 amide bonds. The van der Waals surface area contributed by atoms with Crippen molar-refractivity contribution in [3.8, 4) is 5.06 Å². The SMILES string of the molecule is Cc1ccc(OC(=O)NC(CCN2CC3CN(C(=O)c4c(C)ccnc4C)C[C@@H]3C2)c2ccccc2)s1. The van der Waals surface area contributed by atoms with Gasteiger partial charge in [-0.1, -0.05) is 30.3 Å². The summed E-state index contributed by atoms with van der Waals surface area (Å²) in [5, 5.41) is 3.68. The first-order chi connectivity index (χ1) is 17.9. The summed E-state index contributed by atoms with van der Waals surface area (Å²) in [5.74, 6) is 1.07. The average Bonchev–Trinajstić information content (AvgIpc) is 3.57. The zero-order chi connectivity index (χ0) is 25.9. The number of rotatable bonds is 7. The maximum absolute atomic E-state index is 13.2. The molecule has 0 radical (unpaired) electrons. The van der Waals surface area contributed by atoms with Crippen molar-refractivity contribution >= 4 is 23.3 Å². The van der Waals surface area contributed by atoms with E-state index in [0.717, 1.165) is 66.4 Å². The third-order valence-corrected chi connectivity index (χ3v) is 8.43. The standard InChI is InChI=1S/C29H34N4O3S/c1-19-11-13-30-21(3)27(19)28(34)33-17-23-15-32(16-24(23)18-33)14-12-25(22-7-5-4-6-8-22)31-29(35)36-26-10-9-20(2)37-26/h4-11,13,23-25H,12,14-18H2,1-3H3,(H,31,35)/t23-,24?,25?/m0/s1. The van der Waals surface area contributed by atoms with Gasteiger partial charge in [-0.15, -0.1) is 11.3 Å². The minimum absolute atomic E-state index is 0.108. The van der Waals surface area contributed by atoms with E-state index in [1.54, 1.807) is 6.20 Å². The monoisotopic (exact) mass is 518 g/mol. The van der Waals surface area contributed by atoms with Gasteiger partial charge in [-0.05, 0) is 68.4 Å². The number of benzene rings is 1. The van der Waals surface area contributed by atoms with E-state index in [1.807, 2.05) is 74.2 Å². The number of aryl methyl sites for hydroxylation is 3. The number of ether oxygens (including phenoxy) is 1. The minimum atomic E-state index is -0.427. The highest BCUT2D eigenvalue weighted by atomic mass is 32.1. The molecule has 7 nitrogen and oxygen atoms in total. The van der Waals surface area contributed by atoms with Crippen molar-refractivity contribution in [1.82, 2.24) is 20.1 Å². The number of amides is 2. The van der Waals surface area contributed by atoms with Crippen LogP contribution in [0.3, 0.4) is 0 Å². The van der Waals surface area contributed by atoms with Crippen molar-refractivity contribution in [3.63, 3.8) is 0 Å². The van der Waals surface area contributed by atoms with Crippen LogP contribution in [0.4, 0.5) is 4.79 Å². The molecular weight excluding hydrogens is 484 g/mol. The Bertz CT molecular complexity index is 1230. The van der Waals surface area contributed by atoms with Crippen molar-refractivity contribution in [2.45, 2.75) is 33.2 Å². The average molecular weight is 519 g/mol. The Labute approximate surface area is 222 Å². The zero-order valence-corrected chi connectivity index (χ0v) is 22.5. The molecule has 2 unspecified atom stereocenters. The van der Waals surface area contributed by atoms with Crippen LogP contribution in [0.25, 0.3) is 0 Å². The van der Waals surface area contributed by atoms with Crippen LogP contribution < -0.4 is 10.1 Å². The molecule has 2 aliphatic rings. The number of nitrogens with zero attached hydrogens (tertiary/aromatic N) is 3. The summed E-state index contributed by atoms with van der Waals surface area (Å²) in [6.45, 7) is 10.3. The van der Waals surface area contributed by atoms with E-state index in [0.29, 0.717) is 16.9 Å². The molecule has 0 saturated carbocycles. The lowest BCUT2D eigenvalue weighted by Gasteiger charge is -2.25. The highest BCUT2D eigenvalue weighted by Gasteiger charge is 2.42. The number of thiophene rings is 1. The van der Waals surface area contributed by atoms with E-state index >= 15 is 0 Å². The molecular formula is C29H34N4O3S. The molecule has 2 fully saturated rings. The molecule has 3 atom stereocenters. The fourth-order valence-corrected chi connectivity index (χ4v) is 6.37. The number of hydrogen-bond donors (Lipinski definition) is 1. The molecule has 3 aromatic rings. The predicted octanol–water partition coefficient (Wildman–Crippen LogP) is 4.99. The van der Waals surface area contributed by atoms with Gasteiger partial charge in [-0.25, -0.2) is 4.79 Å². The number of nitrogens with one attached hydrogen (secondary N) is 1. The molecule has 5 rings (SSSR count). The molecule has 1 N–H and O–H groups in total.